The van der Waals surface area contributed by atoms with Gasteiger partial charge in [-0.05, 0) is 63.1 Å². The van der Waals surface area contributed by atoms with Crippen LogP contribution in [-0.4, -0.2) is 74.2 Å². The fraction of sp³-hybridized carbons (Fsp3) is 0.500. The molecule has 1 unspecified atom stereocenters. The van der Waals surface area contributed by atoms with Crippen molar-refractivity contribution >= 4 is 29.0 Å². The number of hydrogen-bond donors (Lipinski definition) is 1. The van der Waals surface area contributed by atoms with Crippen molar-refractivity contribution in [2.75, 3.05) is 67.6 Å². The minimum absolute atomic E-state index is 0.0297. The van der Waals surface area contributed by atoms with Gasteiger partial charge in [-0.25, -0.2) is 4.98 Å². The van der Waals surface area contributed by atoms with E-state index in [2.05, 4.69) is 20.1 Å². The van der Waals surface area contributed by atoms with Gasteiger partial charge in [0.2, 0.25) is 5.91 Å². The van der Waals surface area contributed by atoms with Crippen LogP contribution < -0.4 is 15.1 Å². The van der Waals surface area contributed by atoms with Crippen LogP contribution in [-0.2, 0) is 9.53 Å². The lowest BCUT2D eigenvalue weighted by Gasteiger charge is -2.35. The molecule has 182 valence electrons. The number of hydrogen-bond acceptors (Lipinski definition) is 6. The van der Waals surface area contributed by atoms with E-state index in [0.29, 0.717) is 12.2 Å². The van der Waals surface area contributed by atoms with Crippen molar-refractivity contribution in [1.82, 2.24) is 9.88 Å². The molecule has 8 nitrogen and oxygen atoms in total. The zero-order valence-electron chi connectivity index (χ0n) is 20.2. The van der Waals surface area contributed by atoms with Gasteiger partial charge in [-0.15, -0.1) is 0 Å². The molecule has 2 fully saturated rings. The molecule has 0 saturated carbocycles. The number of carbonyl (C=O) groups excluding carboxylic acids is 2. The summed E-state index contributed by atoms with van der Waals surface area (Å²) >= 11 is 0. The summed E-state index contributed by atoms with van der Waals surface area (Å²) in [6, 6.07) is 13.4. The Kier molecular flexibility index (Phi) is 8.00. The number of benzene rings is 1. The van der Waals surface area contributed by atoms with Crippen LogP contribution >= 0.6 is 0 Å². The number of pyridine rings is 1. The second kappa shape index (κ2) is 11.3. The zero-order chi connectivity index (χ0) is 23.9. The van der Waals surface area contributed by atoms with E-state index >= 15 is 0 Å². The number of ether oxygens (including phenoxy) is 1. The summed E-state index contributed by atoms with van der Waals surface area (Å²) in [5.41, 5.74) is 2.23. The van der Waals surface area contributed by atoms with Gasteiger partial charge in [0.1, 0.15) is 11.5 Å². The molecule has 3 heterocycles. The highest BCUT2D eigenvalue weighted by Crippen LogP contribution is 2.24. The number of piperidine rings is 1. The van der Waals surface area contributed by atoms with Gasteiger partial charge in [0.15, 0.2) is 0 Å². The first-order valence-electron chi connectivity index (χ1n) is 12.3. The van der Waals surface area contributed by atoms with Gasteiger partial charge < -0.3 is 24.8 Å². The van der Waals surface area contributed by atoms with Crippen molar-refractivity contribution in [2.45, 2.75) is 26.7 Å². The number of aromatic nitrogens is 1. The van der Waals surface area contributed by atoms with Gasteiger partial charge in [-0.1, -0.05) is 6.07 Å². The molecule has 1 atom stereocenters. The van der Waals surface area contributed by atoms with Crippen molar-refractivity contribution in [3.63, 3.8) is 0 Å². The summed E-state index contributed by atoms with van der Waals surface area (Å²) < 4.78 is 5.41. The Morgan fingerprint density at radius 2 is 1.76 bits per heavy atom. The van der Waals surface area contributed by atoms with E-state index in [9.17, 15) is 9.59 Å². The number of anilines is 3. The highest BCUT2D eigenvalue weighted by Gasteiger charge is 2.29. The van der Waals surface area contributed by atoms with Crippen LogP contribution in [0.5, 0.6) is 0 Å². The smallest absolute Gasteiger partial charge is 0.274 e. The molecular formula is C26H35N5O3. The van der Waals surface area contributed by atoms with Crippen molar-refractivity contribution in [2.24, 2.45) is 5.92 Å². The SMILES string of the molecule is CCN(CC)C(=O)C1CCCN(c2cccc(C(=O)Nc3ccc(N4CCOCC4)cc3)n2)C1. The molecule has 2 aromatic rings. The minimum Gasteiger partial charge on any atom is -0.378 e. The molecular weight excluding hydrogens is 430 g/mol. The summed E-state index contributed by atoms with van der Waals surface area (Å²) in [6.07, 6.45) is 1.83. The Morgan fingerprint density at radius 3 is 2.47 bits per heavy atom. The van der Waals surface area contributed by atoms with Crippen LogP contribution in [0, 0.1) is 5.92 Å². The summed E-state index contributed by atoms with van der Waals surface area (Å²) in [5.74, 6) is 0.683. The largest absolute Gasteiger partial charge is 0.378 e. The first kappa shape index (κ1) is 24.0. The third-order valence-electron chi connectivity index (χ3n) is 6.64. The molecule has 1 aromatic carbocycles. The van der Waals surface area contributed by atoms with E-state index < -0.39 is 0 Å². The van der Waals surface area contributed by atoms with Gasteiger partial charge in [0.25, 0.3) is 5.91 Å². The Morgan fingerprint density at radius 1 is 1.03 bits per heavy atom. The molecule has 0 radical (unpaired) electrons. The molecule has 34 heavy (non-hydrogen) atoms. The highest BCUT2D eigenvalue weighted by atomic mass is 16.5. The number of nitrogens with zero attached hydrogens (tertiary/aromatic N) is 4. The predicted octanol–water partition coefficient (Wildman–Crippen LogP) is 3.26. The fourth-order valence-corrected chi connectivity index (χ4v) is 4.68. The quantitative estimate of drug-likeness (QED) is 0.676. The summed E-state index contributed by atoms with van der Waals surface area (Å²) in [4.78, 5) is 36.7. The molecule has 2 saturated heterocycles. The van der Waals surface area contributed by atoms with Crippen LogP contribution in [0.15, 0.2) is 42.5 Å². The predicted molar refractivity (Wildman–Crippen MR) is 135 cm³/mol. The lowest BCUT2D eigenvalue weighted by atomic mass is 9.96. The molecule has 4 rings (SSSR count). The maximum Gasteiger partial charge on any atom is 0.274 e. The summed E-state index contributed by atoms with van der Waals surface area (Å²) in [5, 5.41) is 2.95. The Balaban J connectivity index is 1.39. The Bertz CT molecular complexity index is 971. The molecule has 0 bridgehead atoms. The number of nitrogens with one attached hydrogen (secondary N) is 1. The van der Waals surface area contributed by atoms with Gasteiger partial charge in [-0.2, -0.15) is 0 Å². The van der Waals surface area contributed by atoms with Crippen LogP contribution in [0.1, 0.15) is 37.2 Å². The van der Waals surface area contributed by atoms with Gasteiger partial charge >= 0.3 is 0 Å². The average molecular weight is 466 g/mol. The molecule has 8 heteroatoms. The normalized spacial score (nSPS) is 18.5. The van der Waals surface area contributed by atoms with Gasteiger partial charge in [0.05, 0.1) is 19.1 Å². The Labute approximate surface area is 201 Å². The van der Waals surface area contributed by atoms with Crippen molar-refractivity contribution in [1.29, 1.82) is 0 Å². The van der Waals surface area contributed by atoms with E-state index in [4.69, 9.17) is 4.74 Å². The topological polar surface area (TPSA) is 78.0 Å². The summed E-state index contributed by atoms with van der Waals surface area (Å²) in [6.45, 7) is 10.2. The molecule has 1 N–H and O–H groups in total. The lowest BCUT2D eigenvalue weighted by molar-refractivity contribution is -0.135. The fourth-order valence-electron chi connectivity index (χ4n) is 4.68. The van der Waals surface area contributed by atoms with E-state index in [-0.39, 0.29) is 17.7 Å². The van der Waals surface area contributed by atoms with Crippen LogP contribution in [0.2, 0.25) is 0 Å². The zero-order valence-corrected chi connectivity index (χ0v) is 20.2. The van der Waals surface area contributed by atoms with Crippen molar-refractivity contribution in [3.05, 3.63) is 48.2 Å². The number of morpholine rings is 1. The van der Waals surface area contributed by atoms with E-state index in [1.54, 1.807) is 6.07 Å². The van der Waals surface area contributed by atoms with E-state index in [1.165, 1.54) is 0 Å². The molecule has 2 aliphatic rings. The standard InChI is InChI=1S/C26H35N5O3/c1-3-29(4-2)26(33)20-7-6-14-31(19-20)24-9-5-8-23(28-24)25(32)27-21-10-12-22(13-11-21)30-15-17-34-18-16-30/h5,8-13,20H,3-4,6-7,14-19H2,1-2H3,(H,27,32). The molecule has 1 aromatic heterocycles. The van der Waals surface area contributed by atoms with E-state index in [0.717, 1.165) is 76.0 Å². The summed E-state index contributed by atoms with van der Waals surface area (Å²) in [7, 11) is 0. The molecule has 0 spiro atoms. The third kappa shape index (κ3) is 5.67. The van der Waals surface area contributed by atoms with Crippen LogP contribution in [0.25, 0.3) is 0 Å². The number of amides is 2. The van der Waals surface area contributed by atoms with E-state index in [1.807, 2.05) is 55.1 Å². The maximum absolute atomic E-state index is 12.9. The number of rotatable bonds is 7. The van der Waals surface area contributed by atoms with Crippen molar-refractivity contribution < 1.29 is 14.3 Å². The lowest BCUT2D eigenvalue weighted by Crippen LogP contribution is -2.45. The first-order valence-corrected chi connectivity index (χ1v) is 12.3. The molecule has 0 aliphatic carbocycles. The highest BCUT2D eigenvalue weighted by molar-refractivity contribution is 6.03. The second-order valence-electron chi connectivity index (χ2n) is 8.78. The second-order valence-corrected chi connectivity index (χ2v) is 8.78. The van der Waals surface area contributed by atoms with Gasteiger partial charge in [-0.3, -0.25) is 9.59 Å². The monoisotopic (exact) mass is 465 g/mol. The van der Waals surface area contributed by atoms with Gasteiger partial charge in [0, 0.05) is 50.6 Å². The molecule has 2 aliphatic heterocycles. The average Bonchev–Trinajstić information content (AvgIpc) is 2.90. The maximum atomic E-state index is 12.9. The van der Waals surface area contributed by atoms with Crippen LogP contribution in [0.4, 0.5) is 17.2 Å². The third-order valence-corrected chi connectivity index (χ3v) is 6.64. The van der Waals surface area contributed by atoms with Crippen molar-refractivity contribution in [3.8, 4) is 0 Å². The molecule has 2 amide bonds. The minimum atomic E-state index is -0.242. The first-order chi connectivity index (χ1) is 16.6. The Hall–Kier alpha value is -3.13. The number of carbonyl (C=O) groups is 2. The van der Waals surface area contributed by atoms with Crippen LogP contribution in [0.3, 0.4) is 0 Å².